The molecule has 4 rings (SSSR count). The van der Waals surface area contributed by atoms with Crippen LogP contribution in [0, 0.1) is 10.8 Å². The van der Waals surface area contributed by atoms with Gasteiger partial charge in [-0.15, -0.1) is 0 Å². The van der Waals surface area contributed by atoms with Crippen molar-refractivity contribution < 1.29 is 32.2 Å². The fourth-order valence-corrected chi connectivity index (χ4v) is 4.18. The Morgan fingerprint density at radius 1 is 1.00 bits per heavy atom. The van der Waals surface area contributed by atoms with Crippen molar-refractivity contribution in [3.63, 3.8) is 0 Å². The van der Waals surface area contributed by atoms with Gasteiger partial charge < -0.3 is 9.47 Å². The summed E-state index contributed by atoms with van der Waals surface area (Å²) in [6.45, 7) is 0. The highest BCUT2D eigenvalue weighted by molar-refractivity contribution is 5.94. The van der Waals surface area contributed by atoms with E-state index in [4.69, 9.17) is 9.47 Å². The van der Waals surface area contributed by atoms with Crippen LogP contribution in [0.1, 0.15) is 29.9 Å². The minimum Gasteiger partial charge on any atom is -0.469 e. The molecule has 124 valence electrons. The highest BCUT2D eigenvalue weighted by Crippen LogP contribution is 2.81. The maximum absolute atomic E-state index is 12.7. The molecule has 0 radical (unpaired) electrons. The Morgan fingerprint density at radius 3 is 1.78 bits per heavy atom. The topological polar surface area (TPSA) is 52.6 Å². The maximum atomic E-state index is 12.7. The van der Waals surface area contributed by atoms with Gasteiger partial charge in [-0.25, -0.2) is 0 Å². The van der Waals surface area contributed by atoms with Gasteiger partial charge in [-0.2, -0.15) is 13.2 Å². The largest absolute Gasteiger partial charge is 0.469 e. The second kappa shape index (κ2) is 4.72. The van der Waals surface area contributed by atoms with Crippen molar-refractivity contribution in [2.45, 2.75) is 24.9 Å². The van der Waals surface area contributed by atoms with E-state index in [1.807, 2.05) is 0 Å². The van der Waals surface area contributed by atoms with E-state index >= 15 is 0 Å². The van der Waals surface area contributed by atoms with Crippen molar-refractivity contribution in [1.82, 2.24) is 0 Å². The monoisotopic (exact) mass is 328 g/mol. The van der Waals surface area contributed by atoms with Crippen LogP contribution >= 0.6 is 0 Å². The van der Waals surface area contributed by atoms with Gasteiger partial charge in [-0.05, 0) is 30.5 Å². The number of benzene rings is 1. The SMILES string of the molecule is COC(=O)C12CC(C(=O)OC)(C1)C2c1ccc(C(F)(F)F)cc1. The molecule has 0 aromatic heterocycles. The Morgan fingerprint density at radius 2 is 1.43 bits per heavy atom. The highest BCUT2D eigenvalue weighted by atomic mass is 19.4. The van der Waals surface area contributed by atoms with Crippen LogP contribution in [-0.2, 0) is 25.2 Å². The Bertz CT molecular complexity index is 629. The molecule has 0 aliphatic heterocycles. The van der Waals surface area contributed by atoms with Crippen LogP contribution in [0.5, 0.6) is 0 Å². The fourth-order valence-electron chi connectivity index (χ4n) is 4.18. The maximum Gasteiger partial charge on any atom is 0.416 e. The lowest BCUT2D eigenvalue weighted by Gasteiger charge is -2.72. The second-order valence-electron chi connectivity index (χ2n) is 6.20. The molecule has 0 N–H and O–H groups in total. The number of rotatable bonds is 3. The van der Waals surface area contributed by atoms with Gasteiger partial charge in [-0.1, -0.05) is 12.1 Å². The molecule has 3 aliphatic rings. The number of hydrogen-bond donors (Lipinski definition) is 0. The molecule has 3 saturated carbocycles. The summed E-state index contributed by atoms with van der Waals surface area (Å²) in [4.78, 5) is 24.1. The standard InChI is InChI=1S/C16H15F3O4/c1-22-12(20)14-7-15(8-14,13(21)23-2)11(14)9-3-5-10(6-4-9)16(17,18)19/h3-6,11H,7-8H2,1-2H3. The zero-order valence-corrected chi connectivity index (χ0v) is 12.6. The minimum absolute atomic E-state index is 0.311. The number of halogens is 3. The second-order valence-corrected chi connectivity index (χ2v) is 6.20. The lowest BCUT2D eigenvalue weighted by Crippen LogP contribution is -2.74. The van der Waals surface area contributed by atoms with Crippen LogP contribution in [0.3, 0.4) is 0 Å². The van der Waals surface area contributed by atoms with E-state index in [1.54, 1.807) is 0 Å². The van der Waals surface area contributed by atoms with Crippen molar-refractivity contribution in [3.05, 3.63) is 35.4 Å². The van der Waals surface area contributed by atoms with Crippen LogP contribution in [0.25, 0.3) is 0 Å². The smallest absolute Gasteiger partial charge is 0.416 e. The number of esters is 2. The van der Waals surface area contributed by atoms with Crippen molar-refractivity contribution in [2.24, 2.45) is 10.8 Å². The van der Waals surface area contributed by atoms with Crippen molar-refractivity contribution in [3.8, 4) is 0 Å². The molecule has 23 heavy (non-hydrogen) atoms. The summed E-state index contributed by atoms with van der Waals surface area (Å²) in [6.07, 6.45) is -3.81. The predicted molar refractivity (Wildman–Crippen MR) is 72.3 cm³/mol. The minimum atomic E-state index is -4.43. The third kappa shape index (κ3) is 1.91. The van der Waals surface area contributed by atoms with Gasteiger partial charge in [0.2, 0.25) is 0 Å². The molecule has 2 bridgehead atoms. The number of carbonyl (C=O) groups is 2. The summed E-state index contributed by atoms with van der Waals surface area (Å²) in [7, 11) is 2.52. The quantitative estimate of drug-likeness (QED) is 0.801. The molecule has 3 aliphatic carbocycles. The van der Waals surface area contributed by atoms with E-state index in [-0.39, 0.29) is 0 Å². The van der Waals surface area contributed by atoms with E-state index in [9.17, 15) is 22.8 Å². The Labute approximate surface area is 130 Å². The summed E-state index contributed by atoms with van der Waals surface area (Å²) in [6, 6.07) is 4.56. The van der Waals surface area contributed by atoms with Gasteiger partial charge in [-0.3, -0.25) is 9.59 Å². The molecule has 0 heterocycles. The normalized spacial score (nSPS) is 31.6. The number of ether oxygens (including phenoxy) is 2. The molecular formula is C16H15F3O4. The average molecular weight is 328 g/mol. The first-order valence-electron chi connectivity index (χ1n) is 7.05. The Kier molecular flexibility index (Phi) is 3.25. The van der Waals surface area contributed by atoms with E-state index in [2.05, 4.69) is 0 Å². The lowest BCUT2D eigenvalue weighted by atomic mass is 9.28. The highest BCUT2D eigenvalue weighted by Gasteiger charge is 2.83. The number of hydrogen-bond acceptors (Lipinski definition) is 4. The van der Waals surface area contributed by atoms with Gasteiger partial charge in [0.15, 0.2) is 0 Å². The molecular weight excluding hydrogens is 313 g/mol. The van der Waals surface area contributed by atoms with Gasteiger partial charge in [0.05, 0.1) is 30.6 Å². The summed E-state index contributed by atoms with van der Waals surface area (Å²) >= 11 is 0. The third-order valence-electron chi connectivity index (χ3n) is 5.12. The molecule has 0 spiro atoms. The van der Waals surface area contributed by atoms with Crippen LogP contribution in [0.4, 0.5) is 13.2 Å². The molecule has 7 heteroatoms. The van der Waals surface area contributed by atoms with Crippen LogP contribution in [-0.4, -0.2) is 26.2 Å². The number of alkyl halides is 3. The molecule has 4 nitrogen and oxygen atoms in total. The lowest BCUT2D eigenvalue weighted by molar-refractivity contribution is -0.249. The molecule has 0 atom stereocenters. The molecule has 1 aromatic carbocycles. The van der Waals surface area contributed by atoms with Crippen molar-refractivity contribution in [1.29, 1.82) is 0 Å². The van der Waals surface area contributed by atoms with Gasteiger partial charge in [0.25, 0.3) is 0 Å². The third-order valence-corrected chi connectivity index (χ3v) is 5.12. The number of carbonyl (C=O) groups excluding carboxylic acids is 2. The summed E-state index contributed by atoms with van der Waals surface area (Å²) in [5, 5.41) is 0. The molecule has 1 aromatic rings. The van der Waals surface area contributed by atoms with E-state index in [0.717, 1.165) is 12.1 Å². The van der Waals surface area contributed by atoms with Gasteiger partial charge in [0.1, 0.15) is 0 Å². The molecule has 0 amide bonds. The van der Waals surface area contributed by atoms with Gasteiger partial charge in [0, 0.05) is 5.92 Å². The van der Waals surface area contributed by atoms with Crippen LogP contribution in [0.2, 0.25) is 0 Å². The summed E-state index contributed by atoms with van der Waals surface area (Å²) in [5.41, 5.74) is -1.91. The first-order valence-corrected chi connectivity index (χ1v) is 7.05. The van der Waals surface area contributed by atoms with Crippen molar-refractivity contribution in [2.75, 3.05) is 14.2 Å². The van der Waals surface area contributed by atoms with Crippen LogP contribution < -0.4 is 0 Å². The van der Waals surface area contributed by atoms with E-state index in [1.165, 1.54) is 26.4 Å². The zero-order chi connectivity index (χ0) is 17.0. The molecule has 0 unspecified atom stereocenters. The van der Waals surface area contributed by atoms with Crippen molar-refractivity contribution >= 4 is 11.9 Å². The zero-order valence-electron chi connectivity index (χ0n) is 12.6. The van der Waals surface area contributed by atoms with E-state index in [0.29, 0.717) is 18.4 Å². The van der Waals surface area contributed by atoms with Gasteiger partial charge >= 0.3 is 18.1 Å². The molecule has 0 saturated heterocycles. The summed E-state index contributed by atoms with van der Waals surface area (Å²) < 4.78 is 47.6. The Balaban J connectivity index is 1.95. The summed E-state index contributed by atoms with van der Waals surface area (Å²) in [5.74, 6) is -1.38. The fraction of sp³-hybridized carbons (Fsp3) is 0.500. The molecule has 3 fully saturated rings. The number of methoxy groups -OCH3 is 2. The Hall–Kier alpha value is -2.05. The average Bonchev–Trinajstić information content (AvgIpc) is 2.44. The predicted octanol–water partition coefficient (Wildman–Crippen LogP) is 2.92. The first-order chi connectivity index (χ1) is 10.7. The van der Waals surface area contributed by atoms with Crippen LogP contribution in [0.15, 0.2) is 24.3 Å². The first kappa shape index (κ1) is 15.8. The van der Waals surface area contributed by atoms with E-state index < -0.39 is 40.4 Å².